The molecule has 5 rings (SSSR count). The molecule has 1 aliphatic rings. The van der Waals surface area contributed by atoms with E-state index in [0.717, 1.165) is 37.1 Å². The van der Waals surface area contributed by atoms with Crippen molar-refractivity contribution in [2.75, 3.05) is 22.1 Å². The summed E-state index contributed by atoms with van der Waals surface area (Å²) in [5, 5.41) is 27.1. The monoisotopic (exact) mass is 550 g/mol. The number of amides is 2. The van der Waals surface area contributed by atoms with Crippen LogP contribution in [0.25, 0.3) is 0 Å². The third kappa shape index (κ3) is 6.63. The highest BCUT2D eigenvalue weighted by Gasteiger charge is 2.27. The predicted octanol–water partition coefficient (Wildman–Crippen LogP) is 3.15. The Labute approximate surface area is 226 Å². The van der Waals surface area contributed by atoms with Crippen LogP contribution in [0.2, 0.25) is 0 Å². The van der Waals surface area contributed by atoms with Gasteiger partial charge in [-0.15, -0.1) is 32.9 Å². The quantitative estimate of drug-likeness (QED) is 0.254. The Hall–Kier alpha value is -4.04. The van der Waals surface area contributed by atoms with Gasteiger partial charge >= 0.3 is 0 Å². The molecule has 0 unspecified atom stereocenters. The lowest BCUT2D eigenvalue weighted by Gasteiger charge is -2.28. The Kier molecular flexibility index (Phi) is 7.79. The van der Waals surface area contributed by atoms with E-state index in [9.17, 15) is 9.59 Å². The molecule has 2 atom stereocenters. The van der Waals surface area contributed by atoms with Crippen LogP contribution in [0.5, 0.6) is 0 Å². The first-order valence-corrected chi connectivity index (χ1v) is 13.8. The van der Waals surface area contributed by atoms with E-state index in [0.29, 0.717) is 33.3 Å². The first kappa shape index (κ1) is 25.6. The van der Waals surface area contributed by atoms with Crippen molar-refractivity contribution in [1.29, 1.82) is 0 Å². The number of nitrogen functional groups attached to an aromatic ring is 2. The molecular weight excluding hydrogens is 524 g/mol. The van der Waals surface area contributed by atoms with Crippen LogP contribution >= 0.6 is 22.7 Å². The highest BCUT2D eigenvalue weighted by Crippen LogP contribution is 2.40. The van der Waals surface area contributed by atoms with Crippen molar-refractivity contribution in [1.82, 2.24) is 30.4 Å². The smallest absolute Gasteiger partial charge is 0.231 e. The molecule has 196 valence electrons. The minimum atomic E-state index is -0.221. The van der Waals surface area contributed by atoms with Gasteiger partial charge in [-0.25, -0.2) is 9.97 Å². The molecule has 1 aliphatic carbocycles. The van der Waals surface area contributed by atoms with E-state index in [4.69, 9.17) is 11.5 Å². The zero-order valence-electron chi connectivity index (χ0n) is 20.3. The molecule has 0 bridgehead atoms. The summed E-state index contributed by atoms with van der Waals surface area (Å²) in [5.41, 5.74) is 14.3. The fourth-order valence-electron chi connectivity index (χ4n) is 4.49. The maximum absolute atomic E-state index is 12.2. The van der Waals surface area contributed by atoms with Crippen molar-refractivity contribution < 1.29 is 9.59 Å². The van der Waals surface area contributed by atoms with E-state index >= 15 is 0 Å². The van der Waals surface area contributed by atoms with Gasteiger partial charge in [-0.1, -0.05) is 6.42 Å². The molecule has 1 saturated carbocycles. The molecule has 0 spiro atoms. The largest absolute Gasteiger partial charge is 0.375 e. The number of hydrogen-bond acceptors (Lipinski definition) is 12. The Balaban J connectivity index is 1.14. The van der Waals surface area contributed by atoms with Crippen molar-refractivity contribution >= 4 is 56.4 Å². The number of aromatic nitrogens is 6. The van der Waals surface area contributed by atoms with Gasteiger partial charge in [0.25, 0.3) is 0 Å². The molecule has 0 radical (unpaired) electrons. The number of hydrogen-bond donors (Lipinski definition) is 4. The van der Waals surface area contributed by atoms with Gasteiger partial charge in [-0.2, -0.15) is 10.2 Å². The molecule has 4 heterocycles. The minimum Gasteiger partial charge on any atom is -0.375 e. The molecule has 1 fully saturated rings. The Morgan fingerprint density at radius 2 is 1.24 bits per heavy atom. The zero-order chi connectivity index (χ0) is 26.5. The molecule has 14 heteroatoms. The van der Waals surface area contributed by atoms with Crippen molar-refractivity contribution in [3.63, 3.8) is 0 Å². The van der Waals surface area contributed by atoms with E-state index in [2.05, 4.69) is 41.0 Å². The van der Waals surface area contributed by atoms with Gasteiger partial charge in [0.05, 0.1) is 35.6 Å². The topological polar surface area (TPSA) is 188 Å². The summed E-state index contributed by atoms with van der Waals surface area (Å²) >= 11 is 2.60. The minimum absolute atomic E-state index is 0.131. The maximum atomic E-state index is 12.2. The van der Waals surface area contributed by atoms with Crippen molar-refractivity contribution in [2.45, 2.75) is 50.4 Å². The van der Waals surface area contributed by atoms with Gasteiger partial charge in [0.2, 0.25) is 11.8 Å². The Morgan fingerprint density at radius 3 is 1.61 bits per heavy atom. The predicted molar refractivity (Wildman–Crippen MR) is 146 cm³/mol. The van der Waals surface area contributed by atoms with Crippen molar-refractivity contribution in [3.05, 3.63) is 57.8 Å². The molecule has 0 saturated heterocycles. The summed E-state index contributed by atoms with van der Waals surface area (Å²) in [7, 11) is 0. The normalized spacial score (nSPS) is 17.2. The molecule has 6 N–H and O–H groups in total. The lowest BCUT2D eigenvalue weighted by molar-refractivity contribution is -0.116. The first-order chi connectivity index (χ1) is 18.4. The summed E-state index contributed by atoms with van der Waals surface area (Å²) < 4.78 is 0. The van der Waals surface area contributed by atoms with Crippen LogP contribution in [0.1, 0.15) is 60.3 Å². The molecule has 4 aromatic heterocycles. The van der Waals surface area contributed by atoms with Crippen molar-refractivity contribution in [2.24, 2.45) is 0 Å². The number of nitrogens with zero attached hydrogens (tertiary/aromatic N) is 6. The highest BCUT2D eigenvalue weighted by molar-refractivity contribution is 7.13. The Morgan fingerprint density at radius 1 is 0.763 bits per heavy atom. The lowest BCUT2D eigenvalue weighted by atomic mass is 9.78. The van der Waals surface area contributed by atoms with Crippen LogP contribution in [-0.2, 0) is 22.4 Å². The summed E-state index contributed by atoms with van der Waals surface area (Å²) in [5.74, 6) is 0.820. The molecule has 0 aromatic carbocycles. The van der Waals surface area contributed by atoms with E-state index in [-0.39, 0.29) is 36.5 Å². The number of nitrogens with two attached hydrogens (primary N) is 2. The summed E-state index contributed by atoms with van der Waals surface area (Å²) in [6.45, 7) is 0. The van der Waals surface area contributed by atoms with E-state index in [1.165, 1.54) is 22.7 Å². The second-order valence-corrected chi connectivity index (χ2v) is 10.8. The number of carbonyl (C=O) groups excluding carboxylic acids is 2. The average molecular weight is 551 g/mol. The van der Waals surface area contributed by atoms with Gasteiger partial charge in [-0.05, 0) is 43.5 Å². The van der Waals surface area contributed by atoms with Gasteiger partial charge in [0.15, 0.2) is 21.9 Å². The highest BCUT2D eigenvalue weighted by atomic mass is 32.1. The maximum Gasteiger partial charge on any atom is 0.231 e. The van der Waals surface area contributed by atoms with Gasteiger partial charge in [0.1, 0.15) is 0 Å². The lowest BCUT2D eigenvalue weighted by Crippen LogP contribution is -2.18. The van der Waals surface area contributed by atoms with Crippen molar-refractivity contribution in [3.8, 4) is 0 Å². The summed E-state index contributed by atoms with van der Waals surface area (Å²) in [4.78, 5) is 32.7. The summed E-state index contributed by atoms with van der Waals surface area (Å²) in [6, 6.07) is 7.38. The zero-order valence-corrected chi connectivity index (χ0v) is 22.0. The number of thiazole rings is 2. The number of anilines is 4. The third-order valence-corrected chi connectivity index (χ3v) is 7.68. The van der Waals surface area contributed by atoms with Crippen LogP contribution < -0.4 is 22.1 Å². The van der Waals surface area contributed by atoms with Crippen LogP contribution in [0.15, 0.2) is 35.0 Å². The SMILES string of the molecule is Nc1nc(CC(=O)Nc2ccc([C@H]3CCC[C@H](c4ccc(NC(=O)Cc5csc(N)n5)nn4)C3)nn2)cs1. The van der Waals surface area contributed by atoms with Crippen LogP contribution in [0, 0.1) is 0 Å². The fraction of sp³-hybridized carbons (Fsp3) is 0.333. The van der Waals surface area contributed by atoms with E-state index in [1.54, 1.807) is 22.9 Å². The third-order valence-electron chi connectivity index (χ3n) is 6.24. The van der Waals surface area contributed by atoms with E-state index in [1.807, 2.05) is 12.1 Å². The second kappa shape index (κ2) is 11.6. The van der Waals surface area contributed by atoms with Gasteiger partial charge < -0.3 is 22.1 Å². The number of rotatable bonds is 8. The molecule has 12 nitrogen and oxygen atoms in total. The van der Waals surface area contributed by atoms with Gasteiger partial charge in [-0.3, -0.25) is 9.59 Å². The fourth-order valence-corrected chi connectivity index (χ4v) is 5.62. The number of carbonyl (C=O) groups is 2. The molecular formula is C24H26N10O2S2. The van der Waals surface area contributed by atoms with Crippen LogP contribution in [-0.4, -0.2) is 42.2 Å². The first-order valence-electron chi connectivity index (χ1n) is 12.1. The standard InChI is InChI=1S/C24H26N10O2S2/c25-23-27-15(11-37-23)9-21(35)29-19-6-4-17(31-33-19)13-2-1-3-14(8-13)18-5-7-20(34-32-18)30-22(36)10-16-12-38-24(26)28-16/h4-7,11-14H,1-3,8-10H2,(H2,25,27)(H2,26,28)(H,29,33,35)(H,30,34,36)/t13-,14-/m0/s1. The molecule has 4 aromatic rings. The van der Waals surface area contributed by atoms with Gasteiger partial charge in [0, 0.05) is 22.6 Å². The Bertz CT molecular complexity index is 1300. The second-order valence-electron chi connectivity index (χ2n) is 9.05. The molecule has 2 amide bonds. The average Bonchev–Trinajstić information content (AvgIpc) is 3.51. The van der Waals surface area contributed by atoms with Crippen LogP contribution in [0.3, 0.4) is 0 Å². The van der Waals surface area contributed by atoms with Crippen LogP contribution in [0.4, 0.5) is 21.9 Å². The van der Waals surface area contributed by atoms with E-state index < -0.39 is 0 Å². The number of nitrogens with one attached hydrogen (secondary N) is 2. The molecule has 0 aliphatic heterocycles. The summed E-state index contributed by atoms with van der Waals surface area (Å²) in [6.07, 6.45) is 4.17. The molecule has 38 heavy (non-hydrogen) atoms.